The molecule has 162 valence electrons. The number of thiazole rings is 1. The smallest absolute Gasteiger partial charge is 0.345 e. The normalized spacial score (nSPS) is 15.7. The molecule has 2 aromatic heterocycles. The molecule has 1 fully saturated rings. The number of aromatic nitrogens is 1. The summed E-state index contributed by atoms with van der Waals surface area (Å²) in [5, 5.41) is 12.4. The molecule has 5 rings (SSSR count). The second-order valence-electron chi connectivity index (χ2n) is 7.95. The lowest BCUT2D eigenvalue weighted by Crippen LogP contribution is -2.24. The van der Waals surface area contributed by atoms with Crippen LogP contribution in [0.2, 0.25) is 5.02 Å². The summed E-state index contributed by atoms with van der Waals surface area (Å²) < 4.78 is 7.80. The molecule has 32 heavy (non-hydrogen) atoms. The molecular formula is C25H22ClN3O2S. The Morgan fingerprint density at radius 3 is 2.66 bits per heavy atom. The molecule has 0 spiro atoms. The summed E-state index contributed by atoms with van der Waals surface area (Å²) in [6.45, 7) is 0. The zero-order valence-corrected chi connectivity index (χ0v) is 19.0. The minimum absolute atomic E-state index is 0.292. The summed E-state index contributed by atoms with van der Waals surface area (Å²) >= 11 is 7.45. The molecule has 0 atom stereocenters. The Kier molecular flexibility index (Phi) is 6.06. The van der Waals surface area contributed by atoms with E-state index in [0.29, 0.717) is 22.2 Å². The maximum Gasteiger partial charge on any atom is 0.345 e. The first-order chi connectivity index (χ1) is 15.7. The van der Waals surface area contributed by atoms with Crippen molar-refractivity contribution in [2.45, 2.75) is 38.1 Å². The molecule has 0 N–H and O–H groups in total. The fraction of sp³-hybridized carbons (Fsp3) is 0.240. The lowest BCUT2D eigenvalue weighted by Gasteiger charge is -2.24. The van der Waals surface area contributed by atoms with Crippen molar-refractivity contribution in [1.29, 1.82) is 0 Å². The van der Waals surface area contributed by atoms with Crippen molar-refractivity contribution in [3.8, 4) is 11.3 Å². The van der Waals surface area contributed by atoms with Gasteiger partial charge in [0.1, 0.15) is 5.58 Å². The molecule has 0 bridgehead atoms. The minimum atomic E-state index is -0.331. The number of benzene rings is 2. The summed E-state index contributed by atoms with van der Waals surface area (Å²) in [5.74, 6) is 0. The molecule has 0 radical (unpaired) electrons. The number of rotatable bonds is 4. The Balaban J connectivity index is 1.61. The van der Waals surface area contributed by atoms with Crippen LogP contribution in [-0.2, 0) is 0 Å². The Morgan fingerprint density at radius 2 is 1.84 bits per heavy atom. The number of hydrogen-bond donors (Lipinski definition) is 0. The van der Waals surface area contributed by atoms with Gasteiger partial charge < -0.3 is 8.98 Å². The van der Waals surface area contributed by atoms with Crippen LogP contribution in [0.25, 0.3) is 22.2 Å². The molecule has 2 aromatic carbocycles. The van der Waals surface area contributed by atoms with E-state index in [1.54, 1.807) is 6.21 Å². The number of fused-ring (bicyclic) bond motifs is 1. The van der Waals surface area contributed by atoms with E-state index < -0.39 is 0 Å². The standard InChI is InChI=1S/C25H22ClN3O2S/c26-19-12-10-17(11-13-19)15-27-28-25-29(20-7-2-1-3-8-20)22(16-32-25)21-14-18-6-4-5-9-23(18)31-24(21)30/h4-6,9-16,20H,1-3,7-8H2/b27-15+,28-25-. The van der Waals surface area contributed by atoms with Gasteiger partial charge in [0.25, 0.3) is 0 Å². The fourth-order valence-corrected chi connectivity index (χ4v) is 5.26. The van der Waals surface area contributed by atoms with E-state index in [-0.39, 0.29) is 5.63 Å². The molecular weight excluding hydrogens is 442 g/mol. The van der Waals surface area contributed by atoms with Crippen molar-refractivity contribution >= 4 is 40.1 Å². The Labute approximate surface area is 194 Å². The van der Waals surface area contributed by atoms with Crippen LogP contribution in [-0.4, -0.2) is 10.8 Å². The second kappa shape index (κ2) is 9.27. The Hall–Kier alpha value is -2.96. The van der Waals surface area contributed by atoms with Crippen molar-refractivity contribution in [2.24, 2.45) is 10.2 Å². The quantitative estimate of drug-likeness (QED) is 0.199. The van der Waals surface area contributed by atoms with E-state index in [4.69, 9.17) is 16.0 Å². The van der Waals surface area contributed by atoms with Gasteiger partial charge in [-0.15, -0.1) is 16.4 Å². The van der Waals surface area contributed by atoms with Crippen molar-refractivity contribution < 1.29 is 4.42 Å². The predicted octanol–water partition coefficient (Wildman–Crippen LogP) is 6.42. The number of para-hydroxylation sites is 1. The van der Waals surface area contributed by atoms with Crippen LogP contribution in [0.15, 0.2) is 79.4 Å². The van der Waals surface area contributed by atoms with E-state index >= 15 is 0 Å². The molecule has 0 unspecified atom stereocenters. The van der Waals surface area contributed by atoms with Crippen LogP contribution in [0.1, 0.15) is 43.7 Å². The molecule has 5 nitrogen and oxygen atoms in total. The van der Waals surface area contributed by atoms with E-state index in [1.165, 1.54) is 30.6 Å². The van der Waals surface area contributed by atoms with Crippen LogP contribution in [0, 0.1) is 0 Å². The minimum Gasteiger partial charge on any atom is -0.422 e. The van der Waals surface area contributed by atoms with Crippen LogP contribution in [0.3, 0.4) is 0 Å². The third kappa shape index (κ3) is 4.33. The lowest BCUT2D eigenvalue weighted by molar-refractivity contribution is 0.350. The topological polar surface area (TPSA) is 59.9 Å². The number of hydrogen-bond acceptors (Lipinski definition) is 5. The largest absolute Gasteiger partial charge is 0.422 e. The van der Waals surface area contributed by atoms with Gasteiger partial charge in [-0.2, -0.15) is 5.10 Å². The summed E-state index contributed by atoms with van der Waals surface area (Å²) in [5.41, 5.74) is 2.60. The Bertz CT molecular complexity index is 1390. The van der Waals surface area contributed by atoms with Crippen molar-refractivity contribution in [1.82, 2.24) is 4.57 Å². The van der Waals surface area contributed by atoms with Crippen LogP contribution in [0.4, 0.5) is 0 Å². The summed E-state index contributed by atoms with van der Waals surface area (Å²) in [7, 11) is 0. The molecule has 1 aliphatic rings. The third-order valence-corrected chi connectivity index (χ3v) is 6.90. The zero-order valence-electron chi connectivity index (χ0n) is 17.4. The average Bonchev–Trinajstić information content (AvgIpc) is 3.24. The number of halogens is 1. The maximum absolute atomic E-state index is 12.9. The second-order valence-corrected chi connectivity index (χ2v) is 9.22. The molecule has 1 aliphatic carbocycles. The van der Waals surface area contributed by atoms with Crippen molar-refractivity contribution in [2.75, 3.05) is 0 Å². The van der Waals surface area contributed by atoms with Gasteiger partial charge in [-0.3, -0.25) is 0 Å². The first-order valence-electron chi connectivity index (χ1n) is 10.7. The summed E-state index contributed by atoms with van der Waals surface area (Å²) in [6, 6.07) is 17.3. The van der Waals surface area contributed by atoms with Gasteiger partial charge in [0.2, 0.25) is 4.80 Å². The SMILES string of the molecule is O=c1oc2ccccc2cc1-c1cs/c(=N\N=C\c2ccc(Cl)cc2)n1C1CCCCC1. The first kappa shape index (κ1) is 20.9. The van der Waals surface area contributed by atoms with Gasteiger partial charge in [0, 0.05) is 21.8 Å². The van der Waals surface area contributed by atoms with Gasteiger partial charge in [0.15, 0.2) is 0 Å². The maximum atomic E-state index is 12.9. The van der Waals surface area contributed by atoms with Gasteiger partial charge in [-0.1, -0.05) is 61.2 Å². The summed E-state index contributed by atoms with van der Waals surface area (Å²) in [4.78, 5) is 13.6. The van der Waals surface area contributed by atoms with E-state index in [9.17, 15) is 4.79 Å². The highest BCUT2D eigenvalue weighted by atomic mass is 35.5. The van der Waals surface area contributed by atoms with Crippen LogP contribution >= 0.6 is 22.9 Å². The molecule has 4 aromatic rings. The number of nitrogens with zero attached hydrogens (tertiary/aromatic N) is 3. The van der Waals surface area contributed by atoms with Gasteiger partial charge in [0.05, 0.1) is 17.5 Å². The van der Waals surface area contributed by atoms with Crippen molar-refractivity contribution in [3.63, 3.8) is 0 Å². The molecule has 1 saturated carbocycles. The van der Waals surface area contributed by atoms with Gasteiger partial charge >= 0.3 is 5.63 Å². The highest BCUT2D eigenvalue weighted by Gasteiger charge is 2.22. The molecule has 0 amide bonds. The van der Waals surface area contributed by atoms with Crippen LogP contribution < -0.4 is 10.4 Å². The molecule has 2 heterocycles. The first-order valence-corrected chi connectivity index (χ1v) is 12.0. The van der Waals surface area contributed by atoms with Crippen molar-refractivity contribution in [3.05, 3.63) is 85.8 Å². The molecule has 0 aliphatic heterocycles. The summed E-state index contributed by atoms with van der Waals surface area (Å²) in [6.07, 6.45) is 7.44. The highest BCUT2D eigenvalue weighted by Crippen LogP contribution is 2.32. The van der Waals surface area contributed by atoms with E-state index in [2.05, 4.69) is 14.8 Å². The fourth-order valence-electron chi connectivity index (χ4n) is 4.22. The van der Waals surface area contributed by atoms with E-state index in [1.807, 2.05) is 60.0 Å². The third-order valence-electron chi connectivity index (χ3n) is 5.82. The van der Waals surface area contributed by atoms with Gasteiger partial charge in [-0.25, -0.2) is 4.79 Å². The molecule has 0 saturated heterocycles. The van der Waals surface area contributed by atoms with Gasteiger partial charge in [-0.05, 0) is 42.7 Å². The monoisotopic (exact) mass is 463 g/mol. The average molecular weight is 464 g/mol. The predicted molar refractivity (Wildman–Crippen MR) is 131 cm³/mol. The lowest BCUT2D eigenvalue weighted by atomic mass is 9.95. The molecule has 7 heteroatoms. The zero-order chi connectivity index (χ0) is 21.9. The van der Waals surface area contributed by atoms with E-state index in [0.717, 1.165) is 34.3 Å². The Morgan fingerprint density at radius 1 is 1.06 bits per heavy atom. The van der Waals surface area contributed by atoms with Crippen LogP contribution in [0.5, 0.6) is 0 Å². The highest BCUT2D eigenvalue weighted by molar-refractivity contribution is 7.07.